The maximum absolute atomic E-state index is 8.74. The number of nitrogens with zero attached hydrogens (tertiary/aromatic N) is 1. The number of alkyl halides is 3. The highest BCUT2D eigenvalue weighted by molar-refractivity contribution is 7.79. The number of unbranched alkanes of at least 4 members (excludes halogenated alkanes) is 4. The topological polar surface area (TPSA) is 94.8 Å². The summed E-state index contributed by atoms with van der Waals surface area (Å²) in [7, 11) is -4.67. The minimum atomic E-state index is -4.67. The van der Waals surface area contributed by atoms with Crippen LogP contribution in [0.4, 0.5) is 0 Å². The second-order valence-electron chi connectivity index (χ2n) is 6.81. The Morgan fingerprint density at radius 2 is 0.893 bits per heavy atom. The van der Waals surface area contributed by atoms with Crippen LogP contribution in [0.1, 0.15) is 79.1 Å². The van der Waals surface area contributed by atoms with Crippen LogP contribution in [0.3, 0.4) is 0 Å². The standard InChI is InChI=1S/C16H36N.C2H3Cl3O.H2O4S/c1-5-9-13-17(14-10-6-2,15-11-7-3)16-12-8-4;3-1(4)2(5)6;1-5(2,3)4/h5-16H2,1-4H3;1-2,6H;(H2,1,2,3,4)/q+1;;. The third kappa shape index (κ3) is 28.9. The summed E-state index contributed by atoms with van der Waals surface area (Å²) in [5.74, 6) is 0. The van der Waals surface area contributed by atoms with Gasteiger partial charge < -0.3 is 9.59 Å². The van der Waals surface area contributed by atoms with Crippen molar-refractivity contribution in [2.45, 2.75) is 89.5 Å². The lowest BCUT2D eigenvalue weighted by Crippen LogP contribution is -2.50. The lowest BCUT2D eigenvalue weighted by atomic mass is 10.1. The Morgan fingerprint density at radius 1 is 0.714 bits per heavy atom. The minimum absolute atomic E-state index is 0.883. The average molecular weight is 490 g/mol. The van der Waals surface area contributed by atoms with Crippen LogP contribution in [0.25, 0.3) is 0 Å². The molecule has 0 aromatic heterocycles. The summed E-state index contributed by atoms with van der Waals surface area (Å²) in [6, 6.07) is 0. The lowest BCUT2D eigenvalue weighted by Gasteiger charge is -2.39. The molecule has 0 saturated heterocycles. The van der Waals surface area contributed by atoms with Crippen molar-refractivity contribution in [3.05, 3.63) is 0 Å². The summed E-state index contributed by atoms with van der Waals surface area (Å²) in [4.78, 5) is -0.883. The summed E-state index contributed by atoms with van der Waals surface area (Å²) in [6.45, 7) is 15.0. The Morgan fingerprint density at radius 3 is 1.00 bits per heavy atom. The third-order valence-corrected chi connectivity index (χ3v) is 5.14. The molecule has 0 aliphatic heterocycles. The van der Waals surface area contributed by atoms with Gasteiger partial charge in [-0.2, -0.15) is 8.42 Å². The minimum Gasteiger partial charge on any atom is -0.375 e. The molecule has 10 heteroatoms. The number of aliphatic hydroxyl groups excluding tert-OH is 1. The maximum Gasteiger partial charge on any atom is 0.394 e. The molecule has 3 N–H and O–H groups in total. The molecule has 0 bridgehead atoms. The fourth-order valence-electron chi connectivity index (χ4n) is 2.64. The lowest BCUT2D eigenvalue weighted by molar-refractivity contribution is -0.929. The van der Waals surface area contributed by atoms with E-state index in [1.54, 1.807) is 0 Å². The normalized spacial score (nSPS) is 12.7. The van der Waals surface area contributed by atoms with Crippen molar-refractivity contribution in [1.29, 1.82) is 0 Å². The van der Waals surface area contributed by atoms with Gasteiger partial charge in [0, 0.05) is 0 Å². The highest BCUT2D eigenvalue weighted by Gasteiger charge is 2.24. The van der Waals surface area contributed by atoms with Crippen LogP contribution in [-0.4, -0.2) is 63.7 Å². The van der Waals surface area contributed by atoms with E-state index in [0.717, 1.165) is 0 Å². The molecule has 0 amide bonds. The van der Waals surface area contributed by atoms with Crippen LogP contribution in [0.15, 0.2) is 0 Å². The predicted octanol–water partition coefficient (Wildman–Crippen LogP) is 5.70. The number of quaternary nitrogens is 1. The molecule has 174 valence electrons. The largest absolute Gasteiger partial charge is 0.394 e. The van der Waals surface area contributed by atoms with E-state index in [0.29, 0.717) is 0 Å². The van der Waals surface area contributed by atoms with E-state index in [-0.39, 0.29) is 0 Å². The van der Waals surface area contributed by atoms with E-state index in [1.807, 2.05) is 0 Å². The molecule has 1 atom stereocenters. The Labute approximate surface area is 187 Å². The van der Waals surface area contributed by atoms with Crippen LogP contribution in [0.5, 0.6) is 0 Å². The molecular formula is C18H41Cl3NO5S+. The first kappa shape index (κ1) is 33.3. The van der Waals surface area contributed by atoms with Crippen LogP contribution < -0.4 is 0 Å². The Kier molecular flexibility index (Phi) is 24.9. The fraction of sp³-hybridized carbons (Fsp3) is 1.00. The van der Waals surface area contributed by atoms with E-state index in [4.69, 9.17) is 57.4 Å². The summed E-state index contributed by atoms with van der Waals surface area (Å²) >= 11 is 14.9. The number of aliphatic hydroxyl groups is 1. The molecule has 0 rings (SSSR count). The summed E-state index contributed by atoms with van der Waals surface area (Å²) in [5.41, 5.74) is -1.15. The molecule has 1 unspecified atom stereocenters. The first-order valence-corrected chi connectivity index (χ1v) is 12.7. The van der Waals surface area contributed by atoms with Gasteiger partial charge in [-0.15, -0.1) is 23.2 Å². The molecule has 0 saturated carbocycles. The molecule has 0 spiro atoms. The van der Waals surface area contributed by atoms with E-state index in [2.05, 4.69) is 27.7 Å². The van der Waals surface area contributed by atoms with Crippen LogP contribution in [0, 0.1) is 0 Å². The Balaban J connectivity index is -0.000000464. The molecule has 0 aromatic rings. The fourth-order valence-corrected chi connectivity index (χ4v) is 2.64. The van der Waals surface area contributed by atoms with Gasteiger partial charge in [-0.25, -0.2) is 0 Å². The van der Waals surface area contributed by atoms with Gasteiger partial charge in [0.1, 0.15) is 4.84 Å². The van der Waals surface area contributed by atoms with Crippen molar-refractivity contribution in [2.75, 3.05) is 26.2 Å². The molecular weight excluding hydrogens is 449 g/mol. The third-order valence-electron chi connectivity index (χ3n) is 4.15. The molecule has 6 nitrogen and oxygen atoms in total. The number of halogens is 3. The van der Waals surface area contributed by atoms with E-state index in [1.165, 1.54) is 82.0 Å². The van der Waals surface area contributed by atoms with Gasteiger partial charge in [0.25, 0.3) is 0 Å². The summed E-state index contributed by atoms with van der Waals surface area (Å²) < 4.78 is 33.0. The Bertz CT molecular complexity index is 372. The average Bonchev–Trinajstić information content (AvgIpc) is 2.59. The van der Waals surface area contributed by atoms with Gasteiger partial charge in [-0.1, -0.05) is 65.0 Å². The second kappa shape index (κ2) is 20.9. The summed E-state index contributed by atoms with van der Waals surface area (Å²) in [6.07, 6.45) is 11.1. The summed E-state index contributed by atoms with van der Waals surface area (Å²) in [5, 5.41) is 8.13. The first-order chi connectivity index (χ1) is 12.9. The molecule has 0 aliphatic rings. The molecule has 28 heavy (non-hydrogen) atoms. The monoisotopic (exact) mass is 488 g/mol. The number of hydrogen-bond acceptors (Lipinski definition) is 3. The van der Waals surface area contributed by atoms with Crippen molar-refractivity contribution in [1.82, 2.24) is 0 Å². The van der Waals surface area contributed by atoms with Gasteiger partial charge in [-0.3, -0.25) is 9.11 Å². The number of hydrogen-bond donors (Lipinski definition) is 3. The van der Waals surface area contributed by atoms with Crippen LogP contribution in [-0.2, 0) is 10.4 Å². The van der Waals surface area contributed by atoms with Gasteiger partial charge in [-0.05, 0) is 25.7 Å². The maximum atomic E-state index is 8.74. The van der Waals surface area contributed by atoms with Crippen LogP contribution in [0.2, 0.25) is 0 Å². The highest BCUT2D eigenvalue weighted by Crippen LogP contribution is 2.16. The van der Waals surface area contributed by atoms with Crippen molar-refractivity contribution in [3.63, 3.8) is 0 Å². The molecule has 0 aliphatic carbocycles. The second-order valence-corrected chi connectivity index (χ2v) is 9.31. The smallest absolute Gasteiger partial charge is 0.375 e. The van der Waals surface area contributed by atoms with Crippen molar-refractivity contribution < 1.29 is 27.1 Å². The zero-order valence-electron chi connectivity index (χ0n) is 17.8. The van der Waals surface area contributed by atoms with Gasteiger partial charge in [0.15, 0.2) is 5.56 Å². The van der Waals surface area contributed by atoms with Crippen molar-refractivity contribution >= 4 is 45.2 Å². The molecule has 0 heterocycles. The Hall–Kier alpha value is 0.660. The van der Waals surface area contributed by atoms with Gasteiger partial charge in [0.2, 0.25) is 0 Å². The van der Waals surface area contributed by atoms with Crippen LogP contribution >= 0.6 is 34.8 Å². The van der Waals surface area contributed by atoms with Gasteiger partial charge >= 0.3 is 10.4 Å². The zero-order valence-corrected chi connectivity index (χ0v) is 20.9. The molecule has 0 fully saturated rings. The van der Waals surface area contributed by atoms with Crippen molar-refractivity contribution in [3.8, 4) is 0 Å². The molecule has 0 radical (unpaired) electrons. The predicted molar refractivity (Wildman–Crippen MR) is 121 cm³/mol. The van der Waals surface area contributed by atoms with E-state index in [9.17, 15) is 0 Å². The van der Waals surface area contributed by atoms with E-state index < -0.39 is 20.8 Å². The first-order valence-electron chi connectivity index (χ1n) is 10.0. The van der Waals surface area contributed by atoms with E-state index >= 15 is 0 Å². The van der Waals surface area contributed by atoms with Gasteiger partial charge in [0.05, 0.1) is 26.2 Å². The quantitative estimate of drug-likeness (QED) is 0.175. The van der Waals surface area contributed by atoms with Crippen molar-refractivity contribution in [2.24, 2.45) is 0 Å². The zero-order chi connectivity index (χ0) is 22.6. The number of rotatable bonds is 13. The molecule has 0 aromatic carbocycles. The highest BCUT2D eigenvalue weighted by atomic mass is 35.5. The SMILES string of the molecule is CCCC[N+](CCCC)(CCCC)CCCC.O=S(=O)(O)O.OC(Cl)C(Cl)Cl.